The molecule has 0 amide bonds. The van der Waals surface area contributed by atoms with Gasteiger partial charge in [0.2, 0.25) is 5.89 Å². The average Bonchev–Trinajstić information content (AvgIpc) is 3.10. The number of aromatic nitrogens is 1. The predicted octanol–water partition coefficient (Wildman–Crippen LogP) is 3.91. The van der Waals surface area contributed by atoms with Crippen molar-refractivity contribution >= 4 is 29.9 Å². The molecule has 1 saturated heterocycles. The number of nitrogens with zero attached hydrogens (tertiary/aromatic N) is 3. The van der Waals surface area contributed by atoms with Crippen molar-refractivity contribution in [2.24, 2.45) is 4.99 Å². The first-order valence-corrected chi connectivity index (χ1v) is 10.1. The summed E-state index contributed by atoms with van der Waals surface area (Å²) < 4.78 is 5.83. The minimum Gasteiger partial charge on any atom is -0.443 e. The lowest BCUT2D eigenvalue weighted by Gasteiger charge is -2.36. The van der Waals surface area contributed by atoms with Crippen LogP contribution in [0.2, 0.25) is 0 Å². The largest absolute Gasteiger partial charge is 0.443 e. The fourth-order valence-corrected chi connectivity index (χ4v) is 3.28. The van der Waals surface area contributed by atoms with Gasteiger partial charge < -0.3 is 15.1 Å². The first-order valence-electron chi connectivity index (χ1n) is 10.1. The van der Waals surface area contributed by atoms with Crippen LogP contribution in [-0.2, 0) is 12.0 Å². The van der Waals surface area contributed by atoms with Crippen LogP contribution in [0.3, 0.4) is 0 Å². The van der Waals surface area contributed by atoms with E-state index in [1.54, 1.807) is 7.05 Å². The van der Waals surface area contributed by atoms with E-state index < -0.39 is 0 Å². The molecule has 1 fully saturated rings. The summed E-state index contributed by atoms with van der Waals surface area (Å²) in [4.78, 5) is 11.3. The number of guanidine groups is 1. The molecule has 1 aromatic heterocycles. The third-order valence-electron chi connectivity index (χ3n) is 4.98. The molecule has 0 radical (unpaired) electrons. The van der Waals surface area contributed by atoms with E-state index in [2.05, 4.69) is 53.2 Å². The van der Waals surface area contributed by atoms with E-state index in [1.165, 1.54) is 45.2 Å². The van der Waals surface area contributed by atoms with Gasteiger partial charge in [0.15, 0.2) is 5.96 Å². The Morgan fingerprint density at radius 1 is 1.33 bits per heavy atom. The second kappa shape index (κ2) is 11.9. The minimum atomic E-state index is -0.0197. The van der Waals surface area contributed by atoms with Crippen molar-refractivity contribution < 1.29 is 4.42 Å². The SMILES string of the molecule is CCCCN1CCCCC1CNC(=NC)NCc1ncc(C(C)(C)C)o1.I. The van der Waals surface area contributed by atoms with E-state index in [1.807, 2.05) is 6.20 Å². The van der Waals surface area contributed by atoms with Gasteiger partial charge in [-0.2, -0.15) is 0 Å². The molecule has 1 atom stereocenters. The first-order chi connectivity index (χ1) is 12.4. The Kier molecular flexibility index (Phi) is 10.7. The topological polar surface area (TPSA) is 65.7 Å². The Balaban J connectivity index is 0.00000364. The lowest BCUT2D eigenvalue weighted by Crippen LogP contribution is -2.49. The van der Waals surface area contributed by atoms with Gasteiger partial charge in [0.05, 0.1) is 12.7 Å². The van der Waals surface area contributed by atoms with Gasteiger partial charge in [-0.15, -0.1) is 24.0 Å². The van der Waals surface area contributed by atoms with E-state index in [0.717, 1.165) is 18.3 Å². The van der Waals surface area contributed by atoms with Crippen LogP contribution < -0.4 is 10.6 Å². The van der Waals surface area contributed by atoms with Crippen molar-refractivity contribution in [1.82, 2.24) is 20.5 Å². The zero-order valence-electron chi connectivity index (χ0n) is 17.7. The number of unbranched alkanes of at least 4 members (excludes halogenated alkanes) is 1. The summed E-state index contributed by atoms with van der Waals surface area (Å²) in [7, 11) is 1.81. The monoisotopic (exact) mass is 491 g/mol. The van der Waals surface area contributed by atoms with Gasteiger partial charge in [0, 0.05) is 25.0 Å². The summed E-state index contributed by atoms with van der Waals surface area (Å²) >= 11 is 0. The molecule has 7 heteroatoms. The van der Waals surface area contributed by atoms with E-state index in [-0.39, 0.29) is 29.4 Å². The Morgan fingerprint density at radius 2 is 2.11 bits per heavy atom. The number of nitrogens with one attached hydrogen (secondary N) is 2. The highest BCUT2D eigenvalue weighted by Crippen LogP contribution is 2.22. The maximum absolute atomic E-state index is 5.83. The summed E-state index contributed by atoms with van der Waals surface area (Å²) in [5, 5.41) is 6.79. The number of piperidine rings is 1. The zero-order chi connectivity index (χ0) is 19.0. The third kappa shape index (κ3) is 7.97. The Hall–Kier alpha value is -0.830. The first kappa shape index (κ1) is 24.2. The Labute approximate surface area is 182 Å². The van der Waals surface area contributed by atoms with Crippen molar-refractivity contribution in [2.75, 3.05) is 26.7 Å². The number of aliphatic imine (C=N–C) groups is 1. The van der Waals surface area contributed by atoms with Crippen LogP contribution in [0.4, 0.5) is 0 Å². The van der Waals surface area contributed by atoms with Gasteiger partial charge in [0.25, 0.3) is 0 Å². The number of rotatable bonds is 7. The normalized spacial score (nSPS) is 18.9. The second-order valence-electron chi connectivity index (χ2n) is 8.21. The van der Waals surface area contributed by atoms with E-state index >= 15 is 0 Å². The van der Waals surface area contributed by atoms with Crippen LogP contribution in [0.5, 0.6) is 0 Å². The highest BCUT2D eigenvalue weighted by Gasteiger charge is 2.22. The quantitative estimate of drug-likeness (QED) is 0.344. The number of hydrogen-bond acceptors (Lipinski definition) is 4. The van der Waals surface area contributed by atoms with E-state index in [0.29, 0.717) is 18.5 Å². The number of hydrogen-bond donors (Lipinski definition) is 2. The maximum Gasteiger partial charge on any atom is 0.213 e. The van der Waals surface area contributed by atoms with Gasteiger partial charge in [0.1, 0.15) is 5.76 Å². The fourth-order valence-electron chi connectivity index (χ4n) is 3.28. The molecule has 6 nitrogen and oxygen atoms in total. The molecule has 156 valence electrons. The fraction of sp³-hybridized carbons (Fsp3) is 0.800. The van der Waals surface area contributed by atoms with Crippen LogP contribution in [0.25, 0.3) is 0 Å². The molecule has 1 aliphatic rings. The zero-order valence-corrected chi connectivity index (χ0v) is 20.0. The molecular formula is C20H38IN5O. The van der Waals surface area contributed by atoms with Gasteiger partial charge in [-0.05, 0) is 32.4 Å². The second-order valence-corrected chi connectivity index (χ2v) is 8.21. The van der Waals surface area contributed by atoms with E-state index in [4.69, 9.17) is 4.42 Å². The van der Waals surface area contributed by atoms with Crippen molar-refractivity contribution in [3.63, 3.8) is 0 Å². The standard InChI is InChI=1S/C20H37N5O.HI/c1-6-7-11-25-12-9-8-10-16(25)13-23-19(21-5)24-15-18-22-14-17(26-18)20(2,3)4;/h14,16H,6-13,15H2,1-5H3,(H2,21,23,24);1H. The predicted molar refractivity (Wildman–Crippen MR) is 123 cm³/mol. The highest BCUT2D eigenvalue weighted by atomic mass is 127. The molecule has 1 aliphatic heterocycles. The van der Waals surface area contributed by atoms with Gasteiger partial charge in [-0.1, -0.05) is 40.5 Å². The molecule has 2 heterocycles. The molecule has 0 spiro atoms. The summed E-state index contributed by atoms with van der Waals surface area (Å²) in [6, 6.07) is 0.600. The number of halogens is 1. The van der Waals surface area contributed by atoms with E-state index in [9.17, 15) is 0 Å². The van der Waals surface area contributed by atoms with Crippen LogP contribution in [0.1, 0.15) is 71.5 Å². The van der Waals surface area contributed by atoms with Crippen LogP contribution >= 0.6 is 24.0 Å². The Bertz CT molecular complexity index is 567. The van der Waals surface area contributed by atoms with Crippen molar-refractivity contribution in [2.45, 2.75) is 77.8 Å². The van der Waals surface area contributed by atoms with Crippen molar-refractivity contribution in [3.8, 4) is 0 Å². The van der Waals surface area contributed by atoms with Crippen molar-refractivity contribution in [1.29, 1.82) is 0 Å². The number of oxazole rings is 1. The summed E-state index contributed by atoms with van der Waals surface area (Å²) in [5.74, 6) is 2.41. The lowest BCUT2D eigenvalue weighted by molar-refractivity contribution is 0.147. The molecule has 1 unspecified atom stereocenters. The maximum atomic E-state index is 5.83. The van der Waals surface area contributed by atoms with Crippen LogP contribution in [-0.4, -0.2) is 48.6 Å². The summed E-state index contributed by atoms with van der Waals surface area (Å²) in [5.41, 5.74) is -0.0197. The smallest absolute Gasteiger partial charge is 0.213 e. The van der Waals surface area contributed by atoms with Gasteiger partial charge >= 0.3 is 0 Å². The average molecular weight is 491 g/mol. The lowest BCUT2D eigenvalue weighted by atomic mass is 9.94. The molecule has 27 heavy (non-hydrogen) atoms. The highest BCUT2D eigenvalue weighted by molar-refractivity contribution is 14.0. The summed E-state index contributed by atoms with van der Waals surface area (Å²) in [6.45, 7) is 12.5. The molecule has 0 bridgehead atoms. The van der Waals surface area contributed by atoms with Crippen LogP contribution in [0.15, 0.2) is 15.6 Å². The molecule has 0 saturated carbocycles. The van der Waals surface area contributed by atoms with Crippen molar-refractivity contribution in [3.05, 3.63) is 17.8 Å². The third-order valence-corrected chi connectivity index (χ3v) is 4.98. The van der Waals surface area contributed by atoms with Gasteiger partial charge in [-0.3, -0.25) is 9.89 Å². The molecule has 0 aromatic carbocycles. The summed E-state index contributed by atoms with van der Waals surface area (Å²) in [6.07, 6.45) is 8.28. The molecule has 2 N–H and O–H groups in total. The Morgan fingerprint density at radius 3 is 2.74 bits per heavy atom. The molecule has 0 aliphatic carbocycles. The molecule has 2 rings (SSSR count). The number of likely N-dealkylation sites (tertiary alicyclic amines) is 1. The minimum absolute atomic E-state index is 0. The molecule has 1 aromatic rings. The van der Waals surface area contributed by atoms with Gasteiger partial charge in [-0.25, -0.2) is 4.98 Å². The molecular weight excluding hydrogens is 453 g/mol. The van der Waals surface area contributed by atoms with Crippen LogP contribution in [0, 0.1) is 0 Å².